The Balaban J connectivity index is 0. The summed E-state index contributed by atoms with van der Waals surface area (Å²) in [6.07, 6.45) is 0. The van der Waals surface area contributed by atoms with Crippen molar-refractivity contribution in [3.8, 4) is 0 Å². The van der Waals surface area contributed by atoms with Crippen molar-refractivity contribution in [3.05, 3.63) is 35.4 Å². The van der Waals surface area contributed by atoms with Crippen molar-refractivity contribution >= 4 is 0 Å². The zero-order valence-corrected chi connectivity index (χ0v) is 10.1. The highest BCUT2D eigenvalue weighted by molar-refractivity contribution is 5.31. The molecule has 3 nitrogen and oxygen atoms in total. The van der Waals surface area contributed by atoms with E-state index in [0.717, 1.165) is 0 Å². The first-order valence-corrected chi connectivity index (χ1v) is 4.91. The molecule has 15 heavy (non-hydrogen) atoms. The third-order valence-electron chi connectivity index (χ3n) is 2.24. The molecule has 0 bridgehead atoms. The van der Waals surface area contributed by atoms with Crippen LogP contribution < -0.4 is 6.15 Å². The van der Waals surface area contributed by atoms with Crippen LogP contribution >= 0.6 is 0 Å². The summed E-state index contributed by atoms with van der Waals surface area (Å²) in [6, 6.07) is 8.72. The van der Waals surface area contributed by atoms with Crippen molar-refractivity contribution in [3.63, 3.8) is 0 Å². The molecule has 0 radical (unpaired) electrons. The molecule has 0 aromatic heterocycles. The van der Waals surface area contributed by atoms with Gasteiger partial charge in [-0.3, -0.25) is 10.5 Å². The van der Waals surface area contributed by atoms with Crippen molar-refractivity contribution in [1.29, 1.82) is 0 Å². The Morgan fingerprint density at radius 2 is 1.07 bits per heavy atom. The molecule has 5 N–H and O–H groups in total. The van der Waals surface area contributed by atoms with E-state index in [0.29, 0.717) is 11.8 Å². The second kappa shape index (κ2) is 8.41. The van der Waals surface area contributed by atoms with Crippen LogP contribution in [0, 0.1) is 0 Å². The van der Waals surface area contributed by atoms with E-state index in [1.165, 1.54) is 11.1 Å². The first kappa shape index (κ1) is 16.5. The van der Waals surface area contributed by atoms with Crippen LogP contribution in [0.25, 0.3) is 0 Å². The Morgan fingerprint density at radius 1 is 0.800 bits per heavy atom. The Hall–Kier alpha value is -0.900. The van der Waals surface area contributed by atoms with Crippen molar-refractivity contribution in [2.75, 3.05) is 0 Å². The molecule has 0 aliphatic rings. The molecule has 1 aromatic rings. The van der Waals surface area contributed by atoms with Crippen molar-refractivity contribution in [2.24, 2.45) is 0 Å². The Morgan fingerprint density at radius 3 is 1.27 bits per heavy atom. The van der Waals surface area contributed by atoms with Gasteiger partial charge in [-0.05, 0) is 23.0 Å². The summed E-state index contributed by atoms with van der Waals surface area (Å²) in [5.74, 6) is 1.28. The predicted molar refractivity (Wildman–Crippen MR) is 64.9 cm³/mol. The van der Waals surface area contributed by atoms with Crippen LogP contribution in [-0.4, -0.2) is 10.5 Å². The van der Waals surface area contributed by atoms with Crippen molar-refractivity contribution in [1.82, 2.24) is 6.15 Å². The van der Waals surface area contributed by atoms with Crippen LogP contribution in [0.2, 0.25) is 0 Å². The smallest absolute Gasteiger partial charge is 0.0216 e. The third kappa shape index (κ3) is 4.93. The predicted octanol–water partition coefficient (Wildman–Crippen LogP) is 4.11. The topological polar surface area (TPSA) is 75.5 Å². The third-order valence-corrected chi connectivity index (χ3v) is 2.24. The SMILES string of the molecule is CC(C)c1ccccc1C(C)C.N.OO. The average Bonchev–Trinajstić information content (AvgIpc) is 2.20. The molecule has 0 aliphatic heterocycles. The van der Waals surface area contributed by atoms with Gasteiger partial charge in [0.1, 0.15) is 0 Å². The van der Waals surface area contributed by atoms with Crippen molar-refractivity contribution in [2.45, 2.75) is 39.5 Å². The molecule has 0 heterocycles. The van der Waals surface area contributed by atoms with Gasteiger partial charge in [0.05, 0.1) is 0 Å². The van der Waals surface area contributed by atoms with Gasteiger partial charge < -0.3 is 6.15 Å². The van der Waals surface area contributed by atoms with E-state index in [9.17, 15) is 0 Å². The molecule has 1 rings (SSSR count). The molecule has 0 unspecified atom stereocenters. The van der Waals surface area contributed by atoms with E-state index in [4.69, 9.17) is 10.5 Å². The van der Waals surface area contributed by atoms with Gasteiger partial charge in [-0.15, -0.1) is 0 Å². The highest BCUT2D eigenvalue weighted by Gasteiger charge is 2.07. The molecule has 88 valence electrons. The van der Waals surface area contributed by atoms with Crippen LogP contribution in [-0.2, 0) is 0 Å². The Bertz CT molecular complexity index is 233. The van der Waals surface area contributed by atoms with Crippen LogP contribution in [0.3, 0.4) is 0 Å². The first-order chi connectivity index (χ1) is 6.63. The summed E-state index contributed by atoms with van der Waals surface area (Å²) in [4.78, 5) is 0. The average molecular weight is 213 g/mol. The standard InChI is InChI=1S/C12H18.H3N.H2O2/c1-9(2)11-7-5-6-8-12(11)10(3)4;;1-2/h5-10H,1-4H3;1H3;1-2H. The molecule has 0 aliphatic carbocycles. The molecule has 0 spiro atoms. The summed E-state index contributed by atoms with van der Waals surface area (Å²) in [7, 11) is 0. The van der Waals surface area contributed by atoms with Gasteiger partial charge in [0, 0.05) is 0 Å². The van der Waals surface area contributed by atoms with Gasteiger partial charge in [0.2, 0.25) is 0 Å². The molecule has 0 atom stereocenters. The molecule has 0 saturated carbocycles. The molecule has 1 aromatic carbocycles. The molecular weight excluding hydrogens is 190 g/mol. The second-order valence-corrected chi connectivity index (χ2v) is 3.94. The van der Waals surface area contributed by atoms with E-state index in [1.807, 2.05) is 0 Å². The van der Waals surface area contributed by atoms with Gasteiger partial charge in [0.25, 0.3) is 0 Å². The lowest BCUT2D eigenvalue weighted by atomic mass is 9.91. The number of benzene rings is 1. The number of hydrogen-bond acceptors (Lipinski definition) is 3. The molecule has 0 fully saturated rings. The minimum absolute atomic E-state index is 0. The molecule has 0 saturated heterocycles. The van der Waals surface area contributed by atoms with E-state index >= 15 is 0 Å². The molecule has 0 amide bonds. The summed E-state index contributed by atoms with van der Waals surface area (Å²) >= 11 is 0. The van der Waals surface area contributed by atoms with E-state index in [-0.39, 0.29) is 6.15 Å². The minimum Gasteiger partial charge on any atom is -0.344 e. The first-order valence-electron chi connectivity index (χ1n) is 4.91. The second-order valence-electron chi connectivity index (χ2n) is 3.94. The summed E-state index contributed by atoms with van der Waals surface area (Å²) in [6.45, 7) is 9.00. The van der Waals surface area contributed by atoms with Crippen LogP contribution in [0.4, 0.5) is 0 Å². The van der Waals surface area contributed by atoms with Crippen LogP contribution in [0.15, 0.2) is 24.3 Å². The highest BCUT2D eigenvalue weighted by atomic mass is 17.0. The largest absolute Gasteiger partial charge is 0.344 e. The van der Waals surface area contributed by atoms with Gasteiger partial charge >= 0.3 is 0 Å². The van der Waals surface area contributed by atoms with Crippen molar-refractivity contribution < 1.29 is 10.5 Å². The minimum atomic E-state index is 0. The van der Waals surface area contributed by atoms with Crippen LogP contribution in [0.1, 0.15) is 50.7 Å². The van der Waals surface area contributed by atoms with Gasteiger partial charge in [-0.25, -0.2) is 0 Å². The monoisotopic (exact) mass is 213 g/mol. The maximum absolute atomic E-state index is 6.00. The molecule has 3 heteroatoms. The van der Waals surface area contributed by atoms with Gasteiger partial charge in [-0.2, -0.15) is 0 Å². The molecular formula is C12H23NO2. The fourth-order valence-electron chi connectivity index (χ4n) is 1.56. The summed E-state index contributed by atoms with van der Waals surface area (Å²) in [5, 5.41) is 12.0. The Labute approximate surface area is 92.3 Å². The van der Waals surface area contributed by atoms with E-state index in [2.05, 4.69) is 52.0 Å². The number of rotatable bonds is 2. The summed E-state index contributed by atoms with van der Waals surface area (Å²) < 4.78 is 0. The summed E-state index contributed by atoms with van der Waals surface area (Å²) in [5.41, 5.74) is 2.99. The lowest BCUT2D eigenvalue weighted by molar-refractivity contribution is -0.176. The zero-order chi connectivity index (χ0) is 11.1. The lowest BCUT2D eigenvalue weighted by Crippen LogP contribution is -1.97. The zero-order valence-electron chi connectivity index (χ0n) is 10.1. The fraction of sp³-hybridized carbons (Fsp3) is 0.500. The van der Waals surface area contributed by atoms with E-state index < -0.39 is 0 Å². The lowest BCUT2D eigenvalue weighted by Gasteiger charge is -2.14. The van der Waals surface area contributed by atoms with Crippen LogP contribution in [0.5, 0.6) is 0 Å². The maximum atomic E-state index is 6.00. The normalized spacial score (nSPS) is 9.33. The van der Waals surface area contributed by atoms with E-state index in [1.54, 1.807) is 0 Å². The highest BCUT2D eigenvalue weighted by Crippen LogP contribution is 2.25. The quantitative estimate of drug-likeness (QED) is 0.511. The Kier molecular flexibility index (Phi) is 9.27. The van der Waals surface area contributed by atoms with Gasteiger partial charge in [0.15, 0.2) is 0 Å². The fourth-order valence-corrected chi connectivity index (χ4v) is 1.56. The van der Waals surface area contributed by atoms with Gasteiger partial charge in [-0.1, -0.05) is 52.0 Å². The maximum Gasteiger partial charge on any atom is -0.0216 e. The number of hydrogen-bond donors (Lipinski definition) is 3.